The van der Waals surface area contributed by atoms with Crippen LogP contribution in [0.1, 0.15) is 40.8 Å². The van der Waals surface area contributed by atoms with Gasteiger partial charge in [0.15, 0.2) is 0 Å². The van der Waals surface area contributed by atoms with Crippen molar-refractivity contribution in [1.29, 1.82) is 0 Å². The van der Waals surface area contributed by atoms with Crippen LogP contribution in [0.25, 0.3) is 0 Å². The van der Waals surface area contributed by atoms with E-state index < -0.39 is 0 Å². The lowest BCUT2D eigenvalue weighted by Crippen LogP contribution is -2.36. The summed E-state index contributed by atoms with van der Waals surface area (Å²) in [5.41, 5.74) is 0.693. The lowest BCUT2D eigenvalue weighted by molar-refractivity contribution is 0.0933. The molecule has 2 aromatic rings. The van der Waals surface area contributed by atoms with Gasteiger partial charge in [-0.3, -0.25) is 9.69 Å². The summed E-state index contributed by atoms with van der Waals surface area (Å²) < 4.78 is 5.80. The second-order valence-electron chi connectivity index (χ2n) is 5.78. The van der Waals surface area contributed by atoms with Crippen LogP contribution in [0.2, 0.25) is 0 Å². The Kier molecular flexibility index (Phi) is 4.59. The summed E-state index contributed by atoms with van der Waals surface area (Å²) in [7, 11) is 0. The molecule has 1 saturated heterocycles. The van der Waals surface area contributed by atoms with Gasteiger partial charge in [0, 0.05) is 12.1 Å². The first kappa shape index (κ1) is 14.9. The summed E-state index contributed by atoms with van der Waals surface area (Å²) in [6, 6.07) is 13.4. The molecule has 3 rings (SSSR count). The molecule has 1 amide bonds. The van der Waals surface area contributed by atoms with Crippen LogP contribution >= 0.6 is 0 Å². The predicted octanol–water partition coefficient (Wildman–Crippen LogP) is 3.15. The minimum atomic E-state index is -0.0342. The minimum absolute atomic E-state index is 0.0342. The summed E-state index contributed by atoms with van der Waals surface area (Å²) in [5.74, 6) is 1.81. The van der Waals surface area contributed by atoms with Crippen LogP contribution < -0.4 is 5.32 Å². The number of furan rings is 1. The van der Waals surface area contributed by atoms with Gasteiger partial charge in [0.2, 0.25) is 0 Å². The highest BCUT2D eigenvalue weighted by Gasteiger charge is 2.26. The Bertz CT molecular complexity index is 615. The van der Waals surface area contributed by atoms with Crippen LogP contribution in [0, 0.1) is 6.92 Å². The van der Waals surface area contributed by atoms with E-state index in [1.165, 1.54) is 12.8 Å². The van der Waals surface area contributed by atoms with E-state index in [9.17, 15) is 4.79 Å². The van der Waals surface area contributed by atoms with Crippen LogP contribution in [0.4, 0.5) is 0 Å². The zero-order valence-electron chi connectivity index (χ0n) is 12.9. The van der Waals surface area contributed by atoms with Crippen molar-refractivity contribution in [2.24, 2.45) is 0 Å². The van der Waals surface area contributed by atoms with Crippen molar-refractivity contribution in [2.75, 3.05) is 19.6 Å². The molecule has 1 atom stereocenters. The van der Waals surface area contributed by atoms with Gasteiger partial charge in [-0.1, -0.05) is 18.2 Å². The number of carbonyl (C=O) groups is 1. The van der Waals surface area contributed by atoms with Crippen LogP contribution in [-0.4, -0.2) is 30.4 Å². The first-order chi connectivity index (χ1) is 10.7. The van der Waals surface area contributed by atoms with Gasteiger partial charge < -0.3 is 9.73 Å². The number of carbonyl (C=O) groups excluding carboxylic acids is 1. The van der Waals surface area contributed by atoms with Gasteiger partial charge in [0.1, 0.15) is 11.5 Å². The van der Waals surface area contributed by atoms with Gasteiger partial charge in [0.05, 0.1) is 6.04 Å². The number of amides is 1. The van der Waals surface area contributed by atoms with Gasteiger partial charge in [0.25, 0.3) is 5.91 Å². The molecule has 1 aromatic carbocycles. The second-order valence-corrected chi connectivity index (χ2v) is 5.78. The Hall–Kier alpha value is -2.07. The van der Waals surface area contributed by atoms with Crippen LogP contribution in [0.3, 0.4) is 0 Å². The maximum Gasteiger partial charge on any atom is 0.251 e. The maximum absolute atomic E-state index is 12.2. The molecular formula is C18H22N2O2. The van der Waals surface area contributed by atoms with Gasteiger partial charge in [-0.15, -0.1) is 0 Å². The van der Waals surface area contributed by atoms with E-state index in [0.29, 0.717) is 12.1 Å². The maximum atomic E-state index is 12.2. The molecule has 4 nitrogen and oxygen atoms in total. The van der Waals surface area contributed by atoms with Crippen molar-refractivity contribution < 1.29 is 9.21 Å². The Morgan fingerprint density at radius 3 is 2.55 bits per heavy atom. The molecule has 1 aliphatic rings. The van der Waals surface area contributed by atoms with Crippen molar-refractivity contribution >= 4 is 5.91 Å². The second kappa shape index (κ2) is 6.79. The number of benzene rings is 1. The fraction of sp³-hybridized carbons (Fsp3) is 0.389. The molecule has 0 unspecified atom stereocenters. The molecule has 0 radical (unpaired) electrons. The van der Waals surface area contributed by atoms with Crippen molar-refractivity contribution in [2.45, 2.75) is 25.8 Å². The van der Waals surface area contributed by atoms with E-state index in [1.54, 1.807) is 0 Å². The number of hydrogen-bond donors (Lipinski definition) is 1. The summed E-state index contributed by atoms with van der Waals surface area (Å²) in [6.07, 6.45) is 2.42. The highest BCUT2D eigenvalue weighted by molar-refractivity contribution is 5.94. The first-order valence-electron chi connectivity index (χ1n) is 7.87. The van der Waals surface area contributed by atoms with Crippen molar-refractivity contribution in [3.63, 3.8) is 0 Å². The third-order valence-corrected chi connectivity index (χ3v) is 4.16. The van der Waals surface area contributed by atoms with Gasteiger partial charge in [-0.2, -0.15) is 0 Å². The highest BCUT2D eigenvalue weighted by atomic mass is 16.3. The molecule has 1 N–H and O–H groups in total. The van der Waals surface area contributed by atoms with E-state index in [1.807, 2.05) is 49.4 Å². The number of nitrogens with one attached hydrogen (secondary N) is 1. The molecule has 1 aliphatic heterocycles. The molecule has 0 aliphatic carbocycles. The molecule has 4 heteroatoms. The standard InChI is InChI=1S/C18H22N2O2/c1-14-9-10-17(22-14)16(20-11-5-6-12-20)13-19-18(21)15-7-3-2-4-8-15/h2-4,7-10,16H,5-6,11-13H2,1H3,(H,19,21)/t16-/m0/s1. The van der Waals surface area contributed by atoms with Crippen molar-refractivity contribution in [3.8, 4) is 0 Å². The first-order valence-corrected chi connectivity index (χ1v) is 7.87. The van der Waals surface area contributed by atoms with Gasteiger partial charge in [-0.25, -0.2) is 0 Å². The average molecular weight is 298 g/mol. The summed E-state index contributed by atoms with van der Waals surface area (Å²) in [6.45, 7) is 4.64. The summed E-state index contributed by atoms with van der Waals surface area (Å²) in [5, 5.41) is 3.04. The largest absolute Gasteiger partial charge is 0.465 e. The van der Waals surface area contributed by atoms with Gasteiger partial charge in [-0.05, 0) is 57.1 Å². The predicted molar refractivity (Wildman–Crippen MR) is 85.8 cm³/mol. The smallest absolute Gasteiger partial charge is 0.251 e. The lowest BCUT2D eigenvalue weighted by atomic mass is 10.1. The molecule has 1 fully saturated rings. The van der Waals surface area contributed by atoms with E-state index >= 15 is 0 Å². The topological polar surface area (TPSA) is 45.5 Å². The van der Waals surface area contributed by atoms with E-state index in [4.69, 9.17) is 4.42 Å². The zero-order valence-corrected chi connectivity index (χ0v) is 12.9. The quantitative estimate of drug-likeness (QED) is 0.922. The number of aryl methyl sites for hydroxylation is 1. The Morgan fingerprint density at radius 1 is 1.18 bits per heavy atom. The Labute approximate surface area is 131 Å². The van der Waals surface area contributed by atoms with Crippen molar-refractivity contribution in [1.82, 2.24) is 10.2 Å². The average Bonchev–Trinajstić information content (AvgIpc) is 3.21. The SMILES string of the molecule is Cc1ccc([C@H](CNC(=O)c2ccccc2)N2CCCC2)o1. The molecule has 22 heavy (non-hydrogen) atoms. The van der Waals surface area contributed by atoms with Gasteiger partial charge >= 0.3 is 0 Å². The molecule has 0 spiro atoms. The molecular weight excluding hydrogens is 276 g/mol. The molecule has 2 heterocycles. The molecule has 0 bridgehead atoms. The number of hydrogen-bond acceptors (Lipinski definition) is 3. The summed E-state index contributed by atoms with van der Waals surface area (Å²) >= 11 is 0. The van der Waals surface area contributed by atoms with Crippen LogP contribution in [0.5, 0.6) is 0 Å². The minimum Gasteiger partial charge on any atom is -0.465 e. The molecule has 0 saturated carbocycles. The monoisotopic (exact) mass is 298 g/mol. The van der Waals surface area contributed by atoms with Crippen molar-refractivity contribution in [3.05, 3.63) is 59.5 Å². The fourth-order valence-electron chi connectivity index (χ4n) is 2.98. The lowest BCUT2D eigenvalue weighted by Gasteiger charge is -2.26. The van der Waals surface area contributed by atoms with E-state index in [2.05, 4.69) is 10.2 Å². The molecule has 116 valence electrons. The number of rotatable bonds is 5. The number of nitrogens with zero attached hydrogens (tertiary/aromatic N) is 1. The van der Waals surface area contributed by atoms with Crippen LogP contribution in [0.15, 0.2) is 46.9 Å². The third-order valence-electron chi connectivity index (χ3n) is 4.16. The Balaban J connectivity index is 1.69. The van der Waals surface area contributed by atoms with E-state index in [-0.39, 0.29) is 11.9 Å². The van der Waals surface area contributed by atoms with E-state index in [0.717, 1.165) is 24.6 Å². The third kappa shape index (κ3) is 3.39. The Morgan fingerprint density at radius 2 is 1.91 bits per heavy atom. The molecule has 1 aromatic heterocycles. The van der Waals surface area contributed by atoms with Crippen LogP contribution in [-0.2, 0) is 0 Å². The highest BCUT2D eigenvalue weighted by Crippen LogP contribution is 2.26. The summed E-state index contributed by atoms with van der Waals surface area (Å²) in [4.78, 5) is 14.6. The zero-order chi connectivity index (χ0) is 15.4. The normalized spacial score (nSPS) is 16.6. The number of likely N-dealkylation sites (tertiary alicyclic amines) is 1. The fourth-order valence-corrected chi connectivity index (χ4v) is 2.98.